The number of ether oxygens (including phenoxy) is 2. The lowest BCUT2D eigenvalue weighted by Gasteiger charge is -2.32. The van der Waals surface area contributed by atoms with Crippen molar-refractivity contribution in [2.24, 2.45) is 5.73 Å². The second-order valence-corrected chi connectivity index (χ2v) is 7.11. The molecule has 7 heteroatoms. The van der Waals surface area contributed by atoms with E-state index in [-0.39, 0.29) is 18.6 Å². The molecule has 154 valence electrons. The number of nitrogens with zero attached hydrogens (tertiary/aromatic N) is 1. The molecule has 2 aromatic rings. The van der Waals surface area contributed by atoms with Crippen molar-refractivity contribution in [3.05, 3.63) is 59.7 Å². The molecule has 0 radical (unpaired) electrons. The van der Waals surface area contributed by atoms with Crippen molar-refractivity contribution in [3.8, 4) is 11.5 Å². The molecule has 0 aliphatic carbocycles. The van der Waals surface area contributed by atoms with E-state index in [0.29, 0.717) is 11.3 Å². The lowest BCUT2D eigenvalue weighted by molar-refractivity contribution is -0.124. The lowest BCUT2D eigenvalue weighted by Crippen LogP contribution is -2.45. The van der Waals surface area contributed by atoms with Crippen LogP contribution in [0.1, 0.15) is 28.8 Å². The van der Waals surface area contributed by atoms with Gasteiger partial charge in [-0.05, 0) is 43.2 Å². The van der Waals surface area contributed by atoms with Gasteiger partial charge in [0.1, 0.15) is 11.5 Å². The number of piperidine rings is 1. The van der Waals surface area contributed by atoms with Gasteiger partial charge in [0, 0.05) is 36.8 Å². The Morgan fingerprint density at radius 2 is 1.79 bits per heavy atom. The summed E-state index contributed by atoms with van der Waals surface area (Å²) in [7, 11) is 1.69. The van der Waals surface area contributed by atoms with E-state index in [1.807, 2.05) is 18.2 Å². The minimum absolute atomic E-state index is 0.0582. The van der Waals surface area contributed by atoms with Crippen LogP contribution in [0.4, 0.5) is 0 Å². The largest absolute Gasteiger partial charge is 0.496 e. The summed E-state index contributed by atoms with van der Waals surface area (Å²) in [6.45, 7) is 2.61. The first-order valence-corrected chi connectivity index (χ1v) is 9.71. The molecular formula is C22H27N3O4. The second kappa shape index (κ2) is 9.93. The number of nitrogens with one attached hydrogen (secondary N) is 1. The van der Waals surface area contributed by atoms with Crippen molar-refractivity contribution in [1.82, 2.24) is 10.2 Å². The molecule has 3 N–H and O–H groups in total. The molecule has 7 nitrogen and oxygen atoms in total. The average molecular weight is 397 g/mol. The van der Waals surface area contributed by atoms with E-state index >= 15 is 0 Å². The molecule has 1 aliphatic rings. The van der Waals surface area contributed by atoms with E-state index in [1.165, 1.54) is 5.56 Å². The molecular weight excluding hydrogens is 370 g/mol. The maximum absolute atomic E-state index is 12.2. The summed E-state index contributed by atoms with van der Waals surface area (Å²) < 4.78 is 10.9. The SMILES string of the molecule is COc1ccccc1CN1CCC(NC(=O)COc2ccc(C(N)=O)cc2)CC1. The van der Waals surface area contributed by atoms with Gasteiger partial charge in [-0.3, -0.25) is 14.5 Å². The topological polar surface area (TPSA) is 93.9 Å². The number of rotatable bonds is 8. The first kappa shape index (κ1) is 20.7. The quantitative estimate of drug-likeness (QED) is 0.710. The van der Waals surface area contributed by atoms with Gasteiger partial charge in [-0.15, -0.1) is 0 Å². The van der Waals surface area contributed by atoms with Crippen LogP contribution in [0, 0.1) is 0 Å². The van der Waals surface area contributed by atoms with Crippen LogP contribution in [0.2, 0.25) is 0 Å². The Kier molecular flexibility index (Phi) is 7.08. The van der Waals surface area contributed by atoms with Crippen molar-refractivity contribution >= 4 is 11.8 Å². The number of primary amides is 1. The van der Waals surface area contributed by atoms with Crippen LogP contribution < -0.4 is 20.5 Å². The van der Waals surface area contributed by atoms with Crippen molar-refractivity contribution in [2.45, 2.75) is 25.4 Å². The number of benzene rings is 2. The first-order valence-electron chi connectivity index (χ1n) is 9.71. The maximum atomic E-state index is 12.2. The Labute approximate surface area is 170 Å². The lowest BCUT2D eigenvalue weighted by atomic mass is 10.0. The molecule has 0 aromatic heterocycles. The molecule has 1 fully saturated rings. The van der Waals surface area contributed by atoms with E-state index in [1.54, 1.807) is 31.4 Å². The van der Waals surface area contributed by atoms with Crippen LogP contribution in [0.15, 0.2) is 48.5 Å². The third kappa shape index (κ3) is 5.96. The second-order valence-electron chi connectivity index (χ2n) is 7.11. The Morgan fingerprint density at radius 1 is 1.10 bits per heavy atom. The molecule has 29 heavy (non-hydrogen) atoms. The van der Waals surface area contributed by atoms with Crippen LogP contribution in [0.3, 0.4) is 0 Å². The first-order chi connectivity index (χ1) is 14.0. The minimum atomic E-state index is -0.494. The van der Waals surface area contributed by atoms with Gasteiger partial charge in [0.2, 0.25) is 5.91 Å². The van der Waals surface area contributed by atoms with E-state index in [9.17, 15) is 9.59 Å². The van der Waals surface area contributed by atoms with E-state index < -0.39 is 5.91 Å². The van der Waals surface area contributed by atoms with Gasteiger partial charge in [0.25, 0.3) is 5.91 Å². The zero-order valence-corrected chi connectivity index (χ0v) is 16.6. The number of carbonyl (C=O) groups excluding carboxylic acids is 2. The fourth-order valence-corrected chi connectivity index (χ4v) is 3.44. The summed E-state index contributed by atoms with van der Waals surface area (Å²) in [5, 5.41) is 3.04. The highest BCUT2D eigenvalue weighted by atomic mass is 16.5. The smallest absolute Gasteiger partial charge is 0.258 e. The number of para-hydroxylation sites is 1. The molecule has 1 heterocycles. The number of methoxy groups -OCH3 is 1. The third-order valence-corrected chi connectivity index (χ3v) is 5.05. The van der Waals surface area contributed by atoms with Gasteiger partial charge in [0.15, 0.2) is 6.61 Å². The number of nitrogens with two attached hydrogens (primary N) is 1. The van der Waals surface area contributed by atoms with Crippen molar-refractivity contribution in [2.75, 3.05) is 26.8 Å². The standard InChI is InChI=1S/C22H27N3O4/c1-28-20-5-3-2-4-17(20)14-25-12-10-18(11-13-25)24-21(26)15-29-19-8-6-16(7-9-19)22(23)27/h2-9,18H,10-15H2,1H3,(H2,23,27)(H,24,26). The normalized spacial score (nSPS) is 14.9. The highest BCUT2D eigenvalue weighted by Crippen LogP contribution is 2.21. The molecule has 1 aliphatic heterocycles. The summed E-state index contributed by atoms with van der Waals surface area (Å²) in [5.74, 6) is 0.791. The van der Waals surface area contributed by atoms with Gasteiger partial charge in [-0.25, -0.2) is 0 Å². The molecule has 0 atom stereocenters. The van der Waals surface area contributed by atoms with Crippen LogP contribution in [-0.2, 0) is 11.3 Å². The maximum Gasteiger partial charge on any atom is 0.258 e. The number of hydrogen-bond donors (Lipinski definition) is 2. The Morgan fingerprint density at radius 3 is 2.45 bits per heavy atom. The molecule has 0 spiro atoms. The Bertz CT molecular complexity index is 830. The molecule has 3 rings (SSSR count). The fraction of sp³-hybridized carbons (Fsp3) is 0.364. The van der Waals surface area contributed by atoms with Crippen molar-refractivity contribution < 1.29 is 19.1 Å². The molecule has 2 aromatic carbocycles. The molecule has 2 amide bonds. The highest BCUT2D eigenvalue weighted by Gasteiger charge is 2.21. The molecule has 0 unspecified atom stereocenters. The van der Waals surface area contributed by atoms with Crippen molar-refractivity contribution in [3.63, 3.8) is 0 Å². The summed E-state index contributed by atoms with van der Waals surface area (Å²) in [4.78, 5) is 25.6. The number of hydrogen-bond acceptors (Lipinski definition) is 5. The van der Waals surface area contributed by atoms with E-state index in [4.69, 9.17) is 15.2 Å². The predicted molar refractivity (Wildman–Crippen MR) is 110 cm³/mol. The summed E-state index contributed by atoms with van der Waals surface area (Å²) in [6.07, 6.45) is 1.79. The minimum Gasteiger partial charge on any atom is -0.496 e. The van der Waals surface area contributed by atoms with E-state index in [0.717, 1.165) is 38.2 Å². The van der Waals surface area contributed by atoms with Gasteiger partial charge in [-0.2, -0.15) is 0 Å². The molecule has 0 bridgehead atoms. The number of amides is 2. The summed E-state index contributed by atoms with van der Waals surface area (Å²) in [6, 6.07) is 14.6. The van der Waals surface area contributed by atoms with Crippen LogP contribution in [0.25, 0.3) is 0 Å². The molecule has 0 saturated carbocycles. The number of carbonyl (C=O) groups is 2. The predicted octanol–water partition coefficient (Wildman–Crippen LogP) is 1.95. The monoisotopic (exact) mass is 397 g/mol. The van der Waals surface area contributed by atoms with Gasteiger partial charge < -0.3 is 20.5 Å². The van der Waals surface area contributed by atoms with Crippen LogP contribution in [0.5, 0.6) is 11.5 Å². The number of likely N-dealkylation sites (tertiary alicyclic amines) is 1. The highest BCUT2D eigenvalue weighted by molar-refractivity contribution is 5.92. The zero-order chi connectivity index (χ0) is 20.6. The van der Waals surface area contributed by atoms with Crippen molar-refractivity contribution in [1.29, 1.82) is 0 Å². The summed E-state index contributed by atoms with van der Waals surface area (Å²) >= 11 is 0. The van der Waals surface area contributed by atoms with Crippen LogP contribution in [-0.4, -0.2) is 49.6 Å². The third-order valence-electron chi connectivity index (χ3n) is 5.05. The van der Waals surface area contributed by atoms with Gasteiger partial charge >= 0.3 is 0 Å². The van der Waals surface area contributed by atoms with E-state index in [2.05, 4.69) is 16.3 Å². The zero-order valence-electron chi connectivity index (χ0n) is 16.6. The summed E-state index contributed by atoms with van der Waals surface area (Å²) in [5.41, 5.74) is 6.78. The Hall–Kier alpha value is -3.06. The average Bonchev–Trinajstić information content (AvgIpc) is 2.74. The fourth-order valence-electron chi connectivity index (χ4n) is 3.44. The van der Waals surface area contributed by atoms with Gasteiger partial charge in [-0.1, -0.05) is 18.2 Å². The van der Waals surface area contributed by atoms with Crippen LogP contribution >= 0.6 is 0 Å². The Balaban J connectivity index is 1.39. The van der Waals surface area contributed by atoms with Gasteiger partial charge in [0.05, 0.1) is 7.11 Å². The molecule has 1 saturated heterocycles.